The average molecular weight is 139 g/mol. The fourth-order valence-corrected chi connectivity index (χ4v) is 0.471. The molecule has 1 N–H and O–H groups in total. The second-order valence-corrected chi connectivity index (χ2v) is 1.66. The minimum atomic E-state index is -1.09. The molecule has 0 aromatic carbocycles. The number of oxazole rings is 1. The van der Waals surface area contributed by atoms with Crippen molar-refractivity contribution in [1.29, 1.82) is 0 Å². The van der Waals surface area contributed by atoms with E-state index in [0.717, 1.165) is 6.39 Å². The van der Waals surface area contributed by atoms with Gasteiger partial charge < -0.3 is 9.52 Å². The first-order valence-electron chi connectivity index (χ1n) is 2.52. The van der Waals surface area contributed by atoms with E-state index in [1.807, 2.05) is 0 Å². The monoisotopic (exact) mass is 139 g/mol. The molecule has 52 valence electrons. The molecule has 0 atom stereocenters. The maximum atomic E-state index is 10.2. The van der Waals surface area contributed by atoms with Gasteiger partial charge >= 0.3 is 5.97 Å². The smallest absolute Gasteiger partial charge is 0.337 e. The number of hydrogen-bond acceptors (Lipinski definition) is 3. The Morgan fingerprint density at radius 3 is 2.90 bits per heavy atom. The minimum Gasteiger partial charge on any atom is -0.478 e. The molecule has 0 fully saturated rings. The van der Waals surface area contributed by atoms with Gasteiger partial charge in [0.15, 0.2) is 6.39 Å². The molecule has 0 unspecified atom stereocenters. The number of carboxylic acids is 1. The van der Waals surface area contributed by atoms with E-state index in [9.17, 15) is 4.79 Å². The summed E-state index contributed by atoms with van der Waals surface area (Å²) in [5.41, 5.74) is 0.196. The Kier molecular flexibility index (Phi) is 1.53. The van der Waals surface area contributed by atoms with Crippen molar-refractivity contribution in [2.45, 2.75) is 0 Å². The quantitative estimate of drug-likeness (QED) is 0.614. The Labute approximate surface area is 56.8 Å². The highest BCUT2D eigenvalue weighted by Gasteiger charge is 2.08. The van der Waals surface area contributed by atoms with Crippen LogP contribution in [0.3, 0.4) is 0 Å². The Morgan fingerprint density at radius 2 is 2.50 bits per heavy atom. The number of hydrogen-bond donors (Lipinski definition) is 1. The van der Waals surface area contributed by atoms with Gasteiger partial charge in [-0.1, -0.05) is 6.58 Å². The van der Waals surface area contributed by atoms with Crippen LogP contribution in [0.15, 0.2) is 23.7 Å². The molecular weight excluding hydrogens is 134 g/mol. The van der Waals surface area contributed by atoms with E-state index in [2.05, 4.69) is 16.0 Å². The Hall–Kier alpha value is -1.58. The first-order chi connectivity index (χ1) is 4.72. The first-order valence-corrected chi connectivity index (χ1v) is 2.52. The van der Waals surface area contributed by atoms with Gasteiger partial charge in [0.1, 0.15) is 12.0 Å². The highest BCUT2D eigenvalue weighted by atomic mass is 16.4. The third-order valence-corrected chi connectivity index (χ3v) is 1.000. The molecule has 4 heteroatoms. The highest BCUT2D eigenvalue weighted by Crippen LogP contribution is 2.07. The van der Waals surface area contributed by atoms with Gasteiger partial charge in [0.05, 0.1) is 5.57 Å². The lowest BCUT2D eigenvalue weighted by atomic mass is 10.2. The lowest BCUT2D eigenvalue weighted by molar-refractivity contribution is -0.130. The van der Waals surface area contributed by atoms with E-state index in [1.54, 1.807) is 0 Å². The summed E-state index contributed by atoms with van der Waals surface area (Å²) < 4.78 is 4.55. The Bertz CT molecular complexity index is 250. The number of aromatic nitrogens is 1. The maximum Gasteiger partial charge on any atom is 0.337 e. The van der Waals surface area contributed by atoms with Gasteiger partial charge in [-0.2, -0.15) is 0 Å². The molecule has 0 bridgehead atoms. The molecule has 0 saturated carbocycles. The Balaban J connectivity index is 2.88. The second kappa shape index (κ2) is 2.34. The second-order valence-electron chi connectivity index (χ2n) is 1.66. The van der Waals surface area contributed by atoms with Crippen molar-refractivity contribution in [2.24, 2.45) is 0 Å². The molecule has 1 aromatic heterocycles. The van der Waals surface area contributed by atoms with Crippen LogP contribution in [0.5, 0.6) is 0 Å². The summed E-state index contributed by atoms with van der Waals surface area (Å²) in [5, 5.41) is 8.37. The molecule has 1 rings (SSSR count). The lowest BCUT2D eigenvalue weighted by Crippen LogP contribution is -1.97. The van der Waals surface area contributed by atoms with Crippen LogP contribution in [-0.4, -0.2) is 16.1 Å². The van der Waals surface area contributed by atoms with Crippen molar-refractivity contribution in [1.82, 2.24) is 4.98 Å². The van der Waals surface area contributed by atoms with Gasteiger partial charge in [-0.3, -0.25) is 0 Å². The van der Waals surface area contributed by atoms with E-state index in [-0.39, 0.29) is 11.3 Å². The summed E-state index contributed by atoms with van der Waals surface area (Å²) in [5.74, 6) is -1.09. The van der Waals surface area contributed by atoms with Crippen LogP contribution in [0.1, 0.15) is 5.69 Å². The molecule has 0 spiro atoms. The summed E-state index contributed by atoms with van der Waals surface area (Å²) in [4.78, 5) is 13.8. The largest absolute Gasteiger partial charge is 0.478 e. The zero-order valence-electron chi connectivity index (χ0n) is 5.07. The van der Waals surface area contributed by atoms with Crippen molar-refractivity contribution < 1.29 is 14.3 Å². The number of carbonyl (C=O) groups is 1. The number of aliphatic carboxylic acids is 1. The topological polar surface area (TPSA) is 63.3 Å². The number of rotatable bonds is 2. The van der Waals surface area contributed by atoms with Crippen LogP contribution in [0.25, 0.3) is 5.57 Å². The van der Waals surface area contributed by atoms with Crippen molar-refractivity contribution in [3.05, 3.63) is 24.9 Å². The van der Waals surface area contributed by atoms with Gasteiger partial charge in [0.2, 0.25) is 0 Å². The molecule has 0 aliphatic carbocycles. The predicted molar refractivity (Wildman–Crippen MR) is 33.2 cm³/mol. The van der Waals surface area contributed by atoms with Gasteiger partial charge in [-0.25, -0.2) is 9.78 Å². The molecular formula is C6H5NO3. The molecule has 1 aromatic rings. The van der Waals surface area contributed by atoms with Gasteiger partial charge in [-0.15, -0.1) is 0 Å². The van der Waals surface area contributed by atoms with Crippen molar-refractivity contribution >= 4 is 11.5 Å². The van der Waals surface area contributed by atoms with Crippen LogP contribution >= 0.6 is 0 Å². The van der Waals surface area contributed by atoms with Gasteiger partial charge in [-0.05, 0) is 0 Å². The fraction of sp³-hybridized carbons (Fsp3) is 0. The van der Waals surface area contributed by atoms with Crippen LogP contribution in [0.4, 0.5) is 0 Å². The molecule has 0 saturated heterocycles. The van der Waals surface area contributed by atoms with E-state index in [4.69, 9.17) is 5.11 Å². The molecule has 0 radical (unpaired) electrons. The van der Waals surface area contributed by atoms with Crippen molar-refractivity contribution in [2.75, 3.05) is 0 Å². The molecule has 0 aliphatic heterocycles. The number of carboxylic acid groups (broad SMARTS) is 1. The summed E-state index contributed by atoms with van der Waals surface area (Å²) in [6, 6.07) is 0. The van der Waals surface area contributed by atoms with Crippen LogP contribution in [0, 0.1) is 0 Å². The maximum absolute atomic E-state index is 10.2. The molecule has 0 amide bonds. The predicted octanol–water partition coefficient (Wildman–Crippen LogP) is 0.772. The van der Waals surface area contributed by atoms with Gasteiger partial charge in [0, 0.05) is 0 Å². The Morgan fingerprint density at radius 1 is 1.80 bits per heavy atom. The lowest BCUT2D eigenvalue weighted by Gasteiger charge is -1.89. The molecule has 1 heterocycles. The molecule has 10 heavy (non-hydrogen) atoms. The zero-order valence-corrected chi connectivity index (χ0v) is 5.07. The van der Waals surface area contributed by atoms with Crippen LogP contribution in [0.2, 0.25) is 0 Å². The zero-order chi connectivity index (χ0) is 7.56. The summed E-state index contributed by atoms with van der Waals surface area (Å²) in [6.07, 6.45) is 2.39. The van der Waals surface area contributed by atoms with Crippen LogP contribution < -0.4 is 0 Å². The highest BCUT2D eigenvalue weighted by molar-refractivity contribution is 6.13. The average Bonchev–Trinajstić information content (AvgIpc) is 2.36. The summed E-state index contributed by atoms with van der Waals surface area (Å²) in [6.45, 7) is 3.27. The van der Waals surface area contributed by atoms with E-state index in [0.29, 0.717) is 0 Å². The molecule has 4 nitrogen and oxygen atoms in total. The van der Waals surface area contributed by atoms with E-state index in [1.165, 1.54) is 6.26 Å². The van der Waals surface area contributed by atoms with Crippen molar-refractivity contribution in [3.8, 4) is 0 Å². The standard InChI is InChI=1S/C6H5NO3/c1-4(6(8)9)5-2-10-3-7-5/h2-3H,1H2,(H,8,9). The first kappa shape index (κ1) is 6.54. The third kappa shape index (κ3) is 1.05. The van der Waals surface area contributed by atoms with E-state index >= 15 is 0 Å². The van der Waals surface area contributed by atoms with Crippen LogP contribution in [-0.2, 0) is 4.79 Å². The molecule has 0 aliphatic rings. The van der Waals surface area contributed by atoms with E-state index < -0.39 is 5.97 Å². The summed E-state index contributed by atoms with van der Waals surface area (Å²) >= 11 is 0. The SMILES string of the molecule is C=C(C(=O)O)c1cocn1. The minimum absolute atomic E-state index is 0.0613. The number of nitrogens with zero attached hydrogens (tertiary/aromatic N) is 1. The normalized spacial score (nSPS) is 9.20. The third-order valence-electron chi connectivity index (χ3n) is 1.000. The van der Waals surface area contributed by atoms with Crippen molar-refractivity contribution in [3.63, 3.8) is 0 Å². The summed E-state index contributed by atoms with van der Waals surface area (Å²) in [7, 11) is 0. The van der Waals surface area contributed by atoms with Gasteiger partial charge in [0.25, 0.3) is 0 Å². The fourth-order valence-electron chi connectivity index (χ4n) is 0.471.